The molecule has 4 nitrogen and oxygen atoms in total. The summed E-state index contributed by atoms with van der Waals surface area (Å²) in [7, 11) is -3.45. The number of hydrogen-bond acceptors (Lipinski definition) is 4. The number of thiophene rings is 1. The molecule has 0 aromatic carbocycles. The van der Waals surface area contributed by atoms with Crippen LogP contribution in [0.5, 0.6) is 0 Å². The minimum atomic E-state index is -3.45. The third-order valence-electron chi connectivity index (χ3n) is 3.26. The molecule has 0 radical (unpaired) electrons. The van der Waals surface area contributed by atoms with Crippen molar-refractivity contribution in [2.45, 2.75) is 49.6 Å². The van der Waals surface area contributed by atoms with Crippen LogP contribution in [0.1, 0.15) is 30.6 Å². The van der Waals surface area contributed by atoms with Crippen molar-refractivity contribution in [1.29, 1.82) is 0 Å². The van der Waals surface area contributed by atoms with Gasteiger partial charge in [-0.25, -0.2) is 13.1 Å². The van der Waals surface area contributed by atoms with Gasteiger partial charge in [-0.1, -0.05) is 12.8 Å². The second-order valence-electron chi connectivity index (χ2n) is 4.65. The first-order valence-electron chi connectivity index (χ1n) is 5.94. The summed E-state index contributed by atoms with van der Waals surface area (Å²) in [6.45, 7) is 1.81. The molecule has 1 aliphatic carbocycles. The van der Waals surface area contributed by atoms with E-state index in [0.717, 1.165) is 34.3 Å². The third-order valence-corrected chi connectivity index (χ3v) is 6.56. The fourth-order valence-electron chi connectivity index (χ4n) is 2.27. The number of hydrogen-bond donors (Lipinski definition) is 2. The zero-order valence-corrected chi connectivity index (χ0v) is 13.4. The van der Waals surface area contributed by atoms with Gasteiger partial charge in [0, 0.05) is 17.0 Å². The highest BCUT2D eigenvalue weighted by molar-refractivity contribution is 9.11. The van der Waals surface area contributed by atoms with E-state index in [2.05, 4.69) is 20.7 Å². The van der Waals surface area contributed by atoms with Gasteiger partial charge >= 0.3 is 0 Å². The molecule has 0 spiro atoms. The summed E-state index contributed by atoms with van der Waals surface area (Å²) in [6.07, 6.45) is 3.83. The number of sulfonamides is 1. The molecule has 2 atom stereocenters. The van der Waals surface area contributed by atoms with Crippen LogP contribution < -0.4 is 10.5 Å². The van der Waals surface area contributed by atoms with E-state index in [1.54, 1.807) is 6.07 Å². The Balaban J connectivity index is 2.19. The first-order valence-corrected chi connectivity index (χ1v) is 9.03. The Morgan fingerprint density at radius 2 is 2.11 bits per heavy atom. The van der Waals surface area contributed by atoms with Crippen molar-refractivity contribution >= 4 is 37.3 Å². The Morgan fingerprint density at radius 3 is 2.67 bits per heavy atom. The van der Waals surface area contributed by atoms with Gasteiger partial charge < -0.3 is 5.73 Å². The quantitative estimate of drug-likeness (QED) is 0.876. The second-order valence-corrected chi connectivity index (χ2v) is 8.97. The van der Waals surface area contributed by atoms with Crippen molar-refractivity contribution in [2.75, 3.05) is 0 Å². The van der Waals surface area contributed by atoms with E-state index in [-0.39, 0.29) is 12.1 Å². The van der Waals surface area contributed by atoms with Crippen molar-refractivity contribution < 1.29 is 8.42 Å². The average molecular weight is 353 g/mol. The first kappa shape index (κ1) is 14.5. The lowest BCUT2D eigenvalue weighted by atomic mass is 9.92. The molecule has 1 aromatic heterocycles. The number of rotatable bonds is 3. The summed E-state index contributed by atoms with van der Waals surface area (Å²) < 4.78 is 28.2. The van der Waals surface area contributed by atoms with E-state index in [4.69, 9.17) is 5.73 Å². The van der Waals surface area contributed by atoms with E-state index in [1.807, 2.05) is 6.92 Å². The minimum Gasteiger partial charge on any atom is -0.326 e. The normalized spacial score (nSPS) is 25.3. The Labute approximate surface area is 120 Å². The van der Waals surface area contributed by atoms with Crippen LogP contribution in [0.25, 0.3) is 0 Å². The summed E-state index contributed by atoms with van der Waals surface area (Å²) in [5, 5.41) is 0. The van der Waals surface area contributed by atoms with Crippen molar-refractivity contribution in [3.8, 4) is 0 Å². The van der Waals surface area contributed by atoms with Gasteiger partial charge in [-0.3, -0.25) is 0 Å². The Bertz CT molecular complexity index is 527. The van der Waals surface area contributed by atoms with E-state index in [1.165, 1.54) is 11.3 Å². The van der Waals surface area contributed by atoms with Gasteiger partial charge in [0.05, 0.1) is 8.68 Å². The SMILES string of the molecule is Cc1sc(Br)cc1S(=O)(=O)NC1CCCCC1N. The molecule has 2 rings (SSSR count). The maximum absolute atomic E-state index is 12.3. The lowest BCUT2D eigenvalue weighted by Gasteiger charge is -2.28. The molecular weight excluding hydrogens is 336 g/mol. The highest BCUT2D eigenvalue weighted by Gasteiger charge is 2.28. The molecule has 2 unspecified atom stereocenters. The van der Waals surface area contributed by atoms with Gasteiger partial charge in [-0.15, -0.1) is 11.3 Å². The van der Waals surface area contributed by atoms with Gasteiger partial charge in [0.1, 0.15) is 0 Å². The molecule has 7 heteroatoms. The monoisotopic (exact) mass is 352 g/mol. The molecule has 1 aromatic rings. The number of nitrogens with two attached hydrogens (primary N) is 1. The van der Waals surface area contributed by atoms with Crippen LogP contribution in [0.15, 0.2) is 14.7 Å². The molecule has 1 fully saturated rings. The standard InChI is InChI=1S/C11H17BrN2O2S2/c1-7-10(6-11(12)17-7)18(15,16)14-9-5-3-2-4-8(9)13/h6,8-9,14H,2-5,13H2,1H3. The van der Waals surface area contributed by atoms with Crippen LogP contribution in [-0.2, 0) is 10.0 Å². The molecule has 0 bridgehead atoms. The van der Waals surface area contributed by atoms with Crippen LogP contribution in [0.4, 0.5) is 0 Å². The van der Waals surface area contributed by atoms with Gasteiger partial charge in [-0.05, 0) is 41.8 Å². The zero-order valence-electron chi connectivity index (χ0n) is 10.1. The van der Waals surface area contributed by atoms with E-state index in [0.29, 0.717) is 4.90 Å². The predicted molar refractivity (Wildman–Crippen MR) is 77.3 cm³/mol. The minimum absolute atomic E-state index is 0.0732. The van der Waals surface area contributed by atoms with Crippen LogP contribution in [0, 0.1) is 6.92 Å². The number of nitrogens with one attached hydrogen (secondary N) is 1. The molecule has 0 amide bonds. The van der Waals surface area contributed by atoms with E-state index < -0.39 is 10.0 Å². The van der Waals surface area contributed by atoms with E-state index in [9.17, 15) is 8.42 Å². The van der Waals surface area contributed by atoms with E-state index >= 15 is 0 Å². The Morgan fingerprint density at radius 1 is 1.44 bits per heavy atom. The topological polar surface area (TPSA) is 72.2 Å². The molecule has 18 heavy (non-hydrogen) atoms. The lowest BCUT2D eigenvalue weighted by Crippen LogP contribution is -2.49. The van der Waals surface area contributed by atoms with Crippen LogP contribution in [0.2, 0.25) is 0 Å². The maximum atomic E-state index is 12.3. The smallest absolute Gasteiger partial charge is 0.242 e. The average Bonchev–Trinajstić information content (AvgIpc) is 2.62. The van der Waals surface area contributed by atoms with Gasteiger partial charge in [-0.2, -0.15) is 0 Å². The van der Waals surface area contributed by atoms with Crippen LogP contribution in [-0.4, -0.2) is 20.5 Å². The van der Waals surface area contributed by atoms with Crippen molar-refractivity contribution in [3.05, 3.63) is 14.7 Å². The molecule has 3 N–H and O–H groups in total. The zero-order chi connectivity index (χ0) is 13.3. The summed E-state index contributed by atoms with van der Waals surface area (Å²) >= 11 is 4.74. The lowest BCUT2D eigenvalue weighted by molar-refractivity contribution is 0.361. The highest BCUT2D eigenvalue weighted by Crippen LogP contribution is 2.30. The fraction of sp³-hybridized carbons (Fsp3) is 0.636. The molecule has 1 aliphatic rings. The van der Waals surface area contributed by atoms with Gasteiger partial charge in [0.25, 0.3) is 0 Å². The molecular formula is C11H17BrN2O2S2. The summed E-state index contributed by atoms with van der Waals surface area (Å²) in [6, 6.07) is 1.44. The van der Waals surface area contributed by atoms with Gasteiger partial charge in [0.15, 0.2) is 0 Å². The van der Waals surface area contributed by atoms with Gasteiger partial charge in [0.2, 0.25) is 10.0 Å². The van der Waals surface area contributed by atoms with Crippen molar-refractivity contribution in [2.24, 2.45) is 5.73 Å². The Kier molecular flexibility index (Phi) is 4.48. The van der Waals surface area contributed by atoms with Crippen molar-refractivity contribution in [1.82, 2.24) is 4.72 Å². The largest absolute Gasteiger partial charge is 0.326 e. The summed E-state index contributed by atoms with van der Waals surface area (Å²) in [5.41, 5.74) is 5.97. The molecule has 102 valence electrons. The second kappa shape index (κ2) is 5.58. The first-order chi connectivity index (χ1) is 8.40. The molecule has 1 saturated carbocycles. The summed E-state index contributed by atoms with van der Waals surface area (Å²) in [5.74, 6) is 0. The third kappa shape index (κ3) is 3.14. The summed E-state index contributed by atoms with van der Waals surface area (Å²) in [4.78, 5) is 1.15. The Hall–Kier alpha value is 0.0500. The van der Waals surface area contributed by atoms with Crippen molar-refractivity contribution in [3.63, 3.8) is 0 Å². The number of halogens is 1. The molecule has 0 saturated heterocycles. The maximum Gasteiger partial charge on any atom is 0.242 e. The molecule has 0 aliphatic heterocycles. The van der Waals surface area contributed by atoms with Crippen LogP contribution >= 0.6 is 27.3 Å². The number of aryl methyl sites for hydroxylation is 1. The van der Waals surface area contributed by atoms with Crippen LogP contribution in [0.3, 0.4) is 0 Å². The predicted octanol–water partition coefficient (Wildman–Crippen LogP) is 2.37. The molecule has 1 heterocycles. The highest BCUT2D eigenvalue weighted by atomic mass is 79.9. The fourth-order valence-corrected chi connectivity index (χ4v) is 6.00.